The van der Waals surface area contributed by atoms with Gasteiger partial charge in [-0.3, -0.25) is 4.79 Å². The summed E-state index contributed by atoms with van der Waals surface area (Å²) < 4.78 is 0. The van der Waals surface area contributed by atoms with Gasteiger partial charge in [0.1, 0.15) is 0 Å². The summed E-state index contributed by atoms with van der Waals surface area (Å²) in [5, 5.41) is 0. The fourth-order valence-electron chi connectivity index (χ4n) is 1.88. The molecule has 0 atom stereocenters. The lowest BCUT2D eigenvalue weighted by atomic mass is 10.1. The Morgan fingerprint density at radius 3 is 2.56 bits per heavy atom. The lowest BCUT2D eigenvalue weighted by Gasteiger charge is -2.22. The summed E-state index contributed by atoms with van der Waals surface area (Å²) in [5.41, 5.74) is 1.16. The van der Waals surface area contributed by atoms with Crippen molar-refractivity contribution < 1.29 is 4.79 Å². The van der Waals surface area contributed by atoms with Gasteiger partial charge in [0, 0.05) is 25.4 Å². The van der Waals surface area contributed by atoms with Gasteiger partial charge in [-0.05, 0) is 12.0 Å². The second kappa shape index (κ2) is 8.98. The van der Waals surface area contributed by atoms with Gasteiger partial charge < -0.3 is 4.90 Å². The van der Waals surface area contributed by atoms with Crippen LogP contribution in [0.5, 0.6) is 0 Å². The highest BCUT2D eigenvalue weighted by molar-refractivity contribution is 6.18. The Morgan fingerprint density at radius 1 is 1.22 bits per heavy atom. The Balaban J connectivity index is 2.50. The number of hydrogen-bond donors (Lipinski definition) is 0. The Hall–Kier alpha value is -1.02. The molecule has 0 aliphatic rings. The molecule has 0 saturated carbocycles. The lowest BCUT2D eigenvalue weighted by Crippen LogP contribution is -2.32. The van der Waals surface area contributed by atoms with Crippen molar-refractivity contribution in [2.45, 2.75) is 39.2 Å². The summed E-state index contributed by atoms with van der Waals surface area (Å²) >= 11 is 5.77. The maximum Gasteiger partial charge on any atom is 0.222 e. The van der Waals surface area contributed by atoms with Gasteiger partial charge in [-0.1, -0.05) is 50.1 Å². The molecule has 1 amide bonds. The molecule has 2 nitrogen and oxygen atoms in total. The van der Waals surface area contributed by atoms with E-state index < -0.39 is 0 Å². The molecule has 0 aliphatic carbocycles. The largest absolute Gasteiger partial charge is 0.337 e. The van der Waals surface area contributed by atoms with Crippen LogP contribution >= 0.6 is 11.6 Å². The third-order valence-electron chi connectivity index (χ3n) is 2.92. The highest BCUT2D eigenvalue weighted by Gasteiger charge is 2.12. The molecule has 0 radical (unpaired) electrons. The zero-order chi connectivity index (χ0) is 13.2. The van der Waals surface area contributed by atoms with Crippen molar-refractivity contribution in [2.24, 2.45) is 0 Å². The number of hydrogen-bond acceptors (Lipinski definition) is 1. The van der Waals surface area contributed by atoms with E-state index in [2.05, 4.69) is 6.92 Å². The van der Waals surface area contributed by atoms with Gasteiger partial charge in [0.05, 0.1) is 0 Å². The predicted octanol–water partition coefficient (Wildman–Crippen LogP) is 3.83. The molecule has 100 valence electrons. The first kappa shape index (κ1) is 15.0. The second-order valence-corrected chi connectivity index (χ2v) is 4.82. The van der Waals surface area contributed by atoms with Gasteiger partial charge in [-0.2, -0.15) is 0 Å². The molecule has 1 aromatic carbocycles. The van der Waals surface area contributed by atoms with Crippen molar-refractivity contribution in [3.8, 4) is 0 Å². The normalized spacial score (nSPS) is 10.3. The average Bonchev–Trinajstić information content (AvgIpc) is 2.39. The summed E-state index contributed by atoms with van der Waals surface area (Å²) in [5.74, 6) is 0.708. The first-order valence-corrected chi connectivity index (χ1v) is 7.19. The second-order valence-electron chi connectivity index (χ2n) is 4.45. The molecule has 0 bridgehead atoms. The third-order valence-corrected chi connectivity index (χ3v) is 3.09. The van der Waals surface area contributed by atoms with Crippen molar-refractivity contribution in [1.29, 1.82) is 0 Å². The minimum absolute atomic E-state index is 0.216. The fraction of sp³-hybridized carbons (Fsp3) is 0.533. The number of nitrogens with zero attached hydrogens (tertiary/aromatic N) is 1. The summed E-state index contributed by atoms with van der Waals surface area (Å²) in [4.78, 5) is 13.9. The van der Waals surface area contributed by atoms with Crippen LogP contribution in [0.4, 0.5) is 0 Å². The number of carbonyl (C=O) groups is 1. The van der Waals surface area contributed by atoms with Crippen LogP contribution in [-0.2, 0) is 11.3 Å². The molecule has 0 heterocycles. The molecular weight excluding hydrogens is 246 g/mol. The van der Waals surface area contributed by atoms with Crippen molar-refractivity contribution in [2.75, 3.05) is 12.4 Å². The molecule has 0 saturated heterocycles. The molecule has 0 N–H and O–H groups in total. The van der Waals surface area contributed by atoms with Crippen LogP contribution in [0.25, 0.3) is 0 Å². The molecular formula is C15H22ClNO. The van der Waals surface area contributed by atoms with Crippen LogP contribution in [0.2, 0.25) is 0 Å². The topological polar surface area (TPSA) is 20.3 Å². The number of alkyl halides is 1. The molecule has 0 spiro atoms. The van der Waals surface area contributed by atoms with Crippen LogP contribution in [0.3, 0.4) is 0 Å². The van der Waals surface area contributed by atoms with Gasteiger partial charge in [-0.25, -0.2) is 0 Å². The average molecular weight is 268 g/mol. The first-order valence-electron chi connectivity index (χ1n) is 6.65. The van der Waals surface area contributed by atoms with Gasteiger partial charge in [-0.15, -0.1) is 11.6 Å². The fourth-order valence-corrected chi connectivity index (χ4v) is 2.09. The number of amides is 1. The Bertz CT molecular complexity index is 340. The molecule has 18 heavy (non-hydrogen) atoms. The van der Waals surface area contributed by atoms with E-state index in [9.17, 15) is 4.79 Å². The Labute approximate surface area is 115 Å². The summed E-state index contributed by atoms with van der Waals surface area (Å²) in [6.07, 6.45) is 3.87. The van der Waals surface area contributed by atoms with Crippen molar-refractivity contribution >= 4 is 17.5 Å². The van der Waals surface area contributed by atoms with E-state index in [0.717, 1.165) is 24.8 Å². The van der Waals surface area contributed by atoms with Gasteiger partial charge >= 0.3 is 0 Å². The highest BCUT2D eigenvalue weighted by atomic mass is 35.5. The van der Waals surface area contributed by atoms with Crippen LogP contribution < -0.4 is 0 Å². The van der Waals surface area contributed by atoms with E-state index in [1.807, 2.05) is 35.2 Å². The Morgan fingerprint density at radius 2 is 1.94 bits per heavy atom. The minimum Gasteiger partial charge on any atom is -0.337 e. The molecule has 0 fully saturated rings. The maximum absolute atomic E-state index is 12.1. The van der Waals surface area contributed by atoms with E-state index in [1.165, 1.54) is 0 Å². The molecule has 0 aliphatic heterocycles. The summed E-state index contributed by atoms with van der Waals surface area (Å²) in [6, 6.07) is 10.1. The zero-order valence-corrected chi connectivity index (χ0v) is 11.8. The number of benzene rings is 1. The van der Waals surface area contributed by atoms with Gasteiger partial charge in [0.15, 0.2) is 0 Å². The lowest BCUT2D eigenvalue weighted by molar-refractivity contribution is -0.131. The van der Waals surface area contributed by atoms with E-state index >= 15 is 0 Å². The molecule has 0 unspecified atom stereocenters. The smallest absolute Gasteiger partial charge is 0.222 e. The summed E-state index contributed by atoms with van der Waals surface area (Å²) in [7, 11) is 0. The summed E-state index contributed by atoms with van der Waals surface area (Å²) in [6.45, 7) is 3.44. The van der Waals surface area contributed by atoms with Crippen LogP contribution in [0, 0.1) is 0 Å². The van der Waals surface area contributed by atoms with Crippen molar-refractivity contribution in [1.82, 2.24) is 4.90 Å². The SMILES string of the molecule is CCCCCC(=O)N(CCCl)Cc1ccccc1. The van der Waals surface area contributed by atoms with E-state index in [4.69, 9.17) is 11.6 Å². The number of carbonyl (C=O) groups excluding carboxylic acids is 1. The monoisotopic (exact) mass is 267 g/mol. The first-order chi connectivity index (χ1) is 8.77. The van der Waals surface area contributed by atoms with E-state index in [-0.39, 0.29) is 5.91 Å². The van der Waals surface area contributed by atoms with E-state index in [0.29, 0.717) is 25.4 Å². The molecule has 1 aromatic rings. The molecule has 0 aromatic heterocycles. The van der Waals surface area contributed by atoms with Gasteiger partial charge in [0.2, 0.25) is 5.91 Å². The molecule has 3 heteroatoms. The number of rotatable bonds is 8. The van der Waals surface area contributed by atoms with Gasteiger partial charge in [0.25, 0.3) is 0 Å². The standard InChI is InChI=1S/C15H22ClNO/c1-2-3-5-10-15(18)17(12-11-16)13-14-8-6-4-7-9-14/h4,6-9H,2-3,5,10-13H2,1H3. The maximum atomic E-state index is 12.1. The van der Waals surface area contributed by atoms with Crippen molar-refractivity contribution in [3.63, 3.8) is 0 Å². The molecule has 1 rings (SSSR count). The van der Waals surface area contributed by atoms with E-state index in [1.54, 1.807) is 0 Å². The number of halogens is 1. The minimum atomic E-state index is 0.216. The highest BCUT2D eigenvalue weighted by Crippen LogP contribution is 2.09. The third kappa shape index (κ3) is 5.54. The van der Waals surface area contributed by atoms with Crippen LogP contribution in [0.15, 0.2) is 30.3 Å². The predicted molar refractivity (Wildman–Crippen MR) is 76.7 cm³/mol. The van der Waals surface area contributed by atoms with Crippen LogP contribution in [-0.4, -0.2) is 23.2 Å². The van der Waals surface area contributed by atoms with Crippen LogP contribution in [0.1, 0.15) is 38.2 Å². The zero-order valence-electron chi connectivity index (χ0n) is 11.1. The number of unbranched alkanes of at least 4 members (excludes halogenated alkanes) is 2. The van der Waals surface area contributed by atoms with Crippen molar-refractivity contribution in [3.05, 3.63) is 35.9 Å². The quantitative estimate of drug-likeness (QED) is 0.518. The Kier molecular flexibility index (Phi) is 7.51.